The summed E-state index contributed by atoms with van der Waals surface area (Å²) < 4.78 is 0.742. The summed E-state index contributed by atoms with van der Waals surface area (Å²) in [6.07, 6.45) is 1.71. The van der Waals surface area contributed by atoms with Crippen molar-refractivity contribution in [2.75, 3.05) is 0 Å². The standard InChI is InChI=1S/C18H15BrO/c19-17(14-16-10-5-2-6-11-16)18(20)13-7-12-15-8-3-1-4-9-15/h1-6,8-11,14,18,20H,13H2/b17-14-/t18-/m1/s1. The quantitative estimate of drug-likeness (QED) is 0.837. The topological polar surface area (TPSA) is 20.2 Å². The van der Waals surface area contributed by atoms with Crippen LogP contribution in [0.2, 0.25) is 0 Å². The minimum absolute atomic E-state index is 0.402. The lowest BCUT2D eigenvalue weighted by atomic mass is 10.1. The highest BCUT2D eigenvalue weighted by Crippen LogP contribution is 2.18. The molecule has 2 aromatic rings. The molecule has 0 aliphatic rings. The van der Waals surface area contributed by atoms with Crippen molar-refractivity contribution in [2.24, 2.45) is 0 Å². The first-order chi connectivity index (χ1) is 9.75. The molecule has 0 saturated carbocycles. The molecule has 1 N–H and O–H groups in total. The van der Waals surface area contributed by atoms with E-state index in [4.69, 9.17) is 0 Å². The summed E-state index contributed by atoms with van der Waals surface area (Å²) in [5.41, 5.74) is 2.01. The summed E-state index contributed by atoms with van der Waals surface area (Å²) in [7, 11) is 0. The Morgan fingerprint density at radius 2 is 1.65 bits per heavy atom. The number of rotatable bonds is 3. The third-order valence-electron chi connectivity index (χ3n) is 2.72. The van der Waals surface area contributed by atoms with E-state index >= 15 is 0 Å². The minimum Gasteiger partial charge on any atom is -0.387 e. The summed E-state index contributed by atoms with van der Waals surface area (Å²) in [6, 6.07) is 19.6. The van der Waals surface area contributed by atoms with Crippen LogP contribution < -0.4 is 0 Å². The van der Waals surface area contributed by atoms with Crippen molar-refractivity contribution in [3.63, 3.8) is 0 Å². The van der Waals surface area contributed by atoms with E-state index in [1.54, 1.807) is 0 Å². The van der Waals surface area contributed by atoms with Gasteiger partial charge in [0.2, 0.25) is 0 Å². The second kappa shape index (κ2) is 7.69. The summed E-state index contributed by atoms with van der Waals surface area (Å²) >= 11 is 3.41. The molecule has 0 unspecified atom stereocenters. The maximum absolute atomic E-state index is 10.0. The molecule has 0 radical (unpaired) electrons. The first-order valence-corrected chi connectivity index (χ1v) is 7.19. The van der Waals surface area contributed by atoms with Gasteiger partial charge in [0.15, 0.2) is 0 Å². The Bertz CT molecular complexity index is 621. The number of hydrogen-bond acceptors (Lipinski definition) is 1. The van der Waals surface area contributed by atoms with Gasteiger partial charge in [0, 0.05) is 16.5 Å². The fourth-order valence-electron chi connectivity index (χ4n) is 1.67. The average molecular weight is 327 g/mol. The van der Waals surface area contributed by atoms with Crippen molar-refractivity contribution < 1.29 is 5.11 Å². The molecule has 0 amide bonds. The highest BCUT2D eigenvalue weighted by atomic mass is 79.9. The van der Waals surface area contributed by atoms with Gasteiger partial charge < -0.3 is 5.11 Å². The normalized spacial score (nSPS) is 12.4. The number of aliphatic hydroxyl groups is 1. The van der Waals surface area contributed by atoms with Crippen molar-refractivity contribution in [1.82, 2.24) is 0 Å². The molecule has 2 rings (SSSR count). The molecule has 0 aliphatic carbocycles. The van der Waals surface area contributed by atoms with Crippen LogP contribution in [0.25, 0.3) is 6.08 Å². The van der Waals surface area contributed by atoms with E-state index in [1.165, 1.54) is 0 Å². The molecule has 1 atom stereocenters. The van der Waals surface area contributed by atoms with Crippen LogP contribution in [0.3, 0.4) is 0 Å². The molecule has 0 heterocycles. The molecule has 1 nitrogen and oxygen atoms in total. The van der Waals surface area contributed by atoms with Gasteiger partial charge in [-0.3, -0.25) is 0 Å². The average Bonchev–Trinajstić information content (AvgIpc) is 2.49. The van der Waals surface area contributed by atoms with Crippen LogP contribution in [0.4, 0.5) is 0 Å². The molecular formula is C18H15BrO. The maximum Gasteiger partial charge on any atom is 0.0963 e. The van der Waals surface area contributed by atoms with E-state index in [1.807, 2.05) is 66.7 Å². The van der Waals surface area contributed by atoms with E-state index in [9.17, 15) is 5.11 Å². The second-order valence-corrected chi connectivity index (χ2v) is 5.24. The Morgan fingerprint density at radius 3 is 2.30 bits per heavy atom. The molecule has 0 spiro atoms. The molecular weight excluding hydrogens is 312 g/mol. The Balaban J connectivity index is 1.97. The number of aliphatic hydroxyl groups excluding tert-OH is 1. The van der Waals surface area contributed by atoms with Gasteiger partial charge in [-0.25, -0.2) is 0 Å². The SMILES string of the molecule is O[C@H](CC#Cc1ccccc1)/C(Br)=C/c1ccccc1. The summed E-state index contributed by atoms with van der Waals surface area (Å²) in [5.74, 6) is 6.03. The fraction of sp³-hybridized carbons (Fsp3) is 0.111. The molecule has 2 aromatic carbocycles. The van der Waals surface area contributed by atoms with Gasteiger partial charge in [-0.2, -0.15) is 0 Å². The molecule has 0 fully saturated rings. The van der Waals surface area contributed by atoms with Crippen molar-refractivity contribution in [2.45, 2.75) is 12.5 Å². The number of benzene rings is 2. The molecule has 0 aromatic heterocycles. The second-order valence-electron chi connectivity index (χ2n) is 4.33. The fourth-order valence-corrected chi connectivity index (χ4v) is 2.10. The highest BCUT2D eigenvalue weighted by Gasteiger charge is 2.05. The number of halogens is 1. The molecule has 2 heteroatoms. The molecule has 0 bridgehead atoms. The van der Waals surface area contributed by atoms with Crippen LogP contribution in [0.1, 0.15) is 17.5 Å². The maximum atomic E-state index is 10.0. The van der Waals surface area contributed by atoms with E-state index in [0.717, 1.165) is 15.6 Å². The lowest BCUT2D eigenvalue weighted by molar-refractivity contribution is 0.227. The minimum atomic E-state index is -0.605. The van der Waals surface area contributed by atoms with Crippen LogP contribution in [0.5, 0.6) is 0 Å². The lowest BCUT2D eigenvalue weighted by Gasteiger charge is -2.05. The van der Waals surface area contributed by atoms with Gasteiger partial charge in [0.05, 0.1) is 6.10 Å². The van der Waals surface area contributed by atoms with Crippen molar-refractivity contribution in [3.05, 3.63) is 76.3 Å². The lowest BCUT2D eigenvalue weighted by Crippen LogP contribution is -2.04. The third-order valence-corrected chi connectivity index (χ3v) is 3.48. The molecule has 0 aliphatic heterocycles. The monoisotopic (exact) mass is 326 g/mol. The van der Waals surface area contributed by atoms with Crippen LogP contribution >= 0.6 is 15.9 Å². The Kier molecular flexibility index (Phi) is 5.61. The number of hydrogen-bond donors (Lipinski definition) is 1. The van der Waals surface area contributed by atoms with E-state index in [-0.39, 0.29) is 0 Å². The first-order valence-electron chi connectivity index (χ1n) is 6.40. The summed E-state index contributed by atoms with van der Waals surface area (Å²) in [4.78, 5) is 0. The zero-order valence-corrected chi connectivity index (χ0v) is 12.5. The smallest absolute Gasteiger partial charge is 0.0963 e. The van der Waals surface area contributed by atoms with Crippen LogP contribution in [-0.4, -0.2) is 11.2 Å². The first kappa shape index (κ1) is 14.6. The predicted molar refractivity (Wildman–Crippen MR) is 87.3 cm³/mol. The zero-order valence-electron chi connectivity index (χ0n) is 11.0. The molecule has 0 saturated heterocycles. The predicted octanol–water partition coefficient (Wildman–Crippen LogP) is 4.23. The van der Waals surface area contributed by atoms with Gasteiger partial charge in [-0.1, -0.05) is 76.3 Å². The van der Waals surface area contributed by atoms with Crippen molar-refractivity contribution >= 4 is 22.0 Å². The zero-order chi connectivity index (χ0) is 14.2. The Morgan fingerprint density at radius 1 is 1.05 bits per heavy atom. The van der Waals surface area contributed by atoms with E-state index in [2.05, 4.69) is 27.8 Å². The van der Waals surface area contributed by atoms with Gasteiger partial charge >= 0.3 is 0 Å². The summed E-state index contributed by atoms with van der Waals surface area (Å²) in [5, 5.41) is 10.0. The van der Waals surface area contributed by atoms with Gasteiger partial charge in [-0.05, 0) is 23.8 Å². The van der Waals surface area contributed by atoms with Crippen LogP contribution in [-0.2, 0) is 0 Å². The van der Waals surface area contributed by atoms with Crippen LogP contribution in [0.15, 0.2) is 65.1 Å². The van der Waals surface area contributed by atoms with Crippen molar-refractivity contribution in [3.8, 4) is 11.8 Å². The Labute approximate surface area is 128 Å². The third kappa shape index (κ3) is 4.70. The van der Waals surface area contributed by atoms with E-state index < -0.39 is 6.10 Å². The Hall–Kier alpha value is -1.82. The summed E-state index contributed by atoms with van der Waals surface area (Å²) in [6.45, 7) is 0. The molecule has 100 valence electrons. The largest absolute Gasteiger partial charge is 0.387 e. The van der Waals surface area contributed by atoms with E-state index in [0.29, 0.717) is 6.42 Å². The van der Waals surface area contributed by atoms with Crippen LogP contribution in [0, 0.1) is 11.8 Å². The van der Waals surface area contributed by atoms with Gasteiger partial charge in [0.25, 0.3) is 0 Å². The van der Waals surface area contributed by atoms with Gasteiger partial charge in [0.1, 0.15) is 0 Å². The highest BCUT2D eigenvalue weighted by molar-refractivity contribution is 9.11. The molecule has 20 heavy (non-hydrogen) atoms. The van der Waals surface area contributed by atoms with Gasteiger partial charge in [-0.15, -0.1) is 0 Å². The van der Waals surface area contributed by atoms with Crippen molar-refractivity contribution in [1.29, 1.82) is 0 Å².